The van der Waals surface area contributed by atoms with E-state index in [1.54, 1.807) is 19.0 Å². The smallest absolute Gasteiger partial charge is 0.241 e. The third-order valence-corrected chi connectivity index (χ3v) is 4.29. The van der Waals surface area contributed by atoms with Crippen LogP contribution in [0.1, 0.15) is 18.9 Å². The molecule has 7 heteroatoms. The molecule has 1 saturated heterocycles. The van der Waals surface area contributed by atoms with Gasteiger partial charge in [0, 0.05) is 39.7 Å². The first-order valence-electron chi connectivity index (χ1n) is 8.95. The summed E-state index contributed by atoms with van der Waals surface area (Å²) in [6.07, 6.45) is 1.09. The number of hydrogen-bond acceptors (Lipinski definition) is 3. The summed E-state index contributed by atoms with van der Waals surface area (Å²) >= 11 is 0. The van der Waals surface area contributed by atoms with Gasteiger partial charge in [0.05, 0.1) is 19.7 Å². The van der Waals surface area contributed by atoms with Crippen LogP contribution in [0, 0.1) is 5.92 Å². The van der Waals surface area contributed by atoms with E-state index in [1.807, 2.05) is 25.1 Å². The fourth-order valence-corrected chi connectivity index (χ4v) is 2.78. The van der Waals surface area contributed by atoms with Gasteiger partial charge in [0.2, 0.25) is 5.91 Å². The van der Waals surface area contributed by atoms with Crippen LogP contribution in [-0.4, -0.2) is 68.6 Å². The highest BCUT2D eigenvalue weighted by Crippen LogP contribution is 2.17. The average Bonchev–Trinajstić information content (AvgIpc) is 3.09. The van der Waals surface area contributed by atoms with Crippen molar-refractivity contribution in [3.05, 3.63) is 35.9 Å². The van der Waals surface area contributed by atoms with Crippen LogP contribution in [0.5, 0.6) is 0 Å². The maximum atomic E-state index is 11.9. The number of amides is 1. The van der Waals surface area contributed by atoms with Crippen molar-refractivity contribution in [1.29, 1.82) is 0 Å². The molecule has 1 N–H and O–H groups in total. The first-order chi connectivity index (χ1) is 12.1. The van der Waals surface area contributed by atoms with Crippen LogP contribution in [0.25, 0.3) is 0 Å². The van der Waals surface area contributed by atoms with Crippen LogP contribution in [-0.2, 0) is 16.1 Å². The molecule has 1 aliphatic rings. The average molecular weight is 474 g/mol. The fraction of sp³-hybridized carbons (Fsp3) is 0.579. The number of carbonyl (C=O) groups excluding carboxylic acids is 1. The molecule has 0 spiro atoms. The van der Waals surface area contributed by atoms with E-state index in [2.05, 4.69) is 22.3 Å². The van der Waals surface area contributed by atoms with Crippen molar-refractivity contribution >= 4 is 35.8 Å². The zero-order chi connectivity index (χ0) is 18.1. The first kappa shape index (κ1) is 22.7. The molecular formula is C19H31IN4O2. The highest BCUT2D eigenvalue weighted by Gasteiger charge is 2.25. The van der Waals surface area contributed by atoms with E-state index in [1.165, 1.54) is 0 Å². The lowest BCUT2D eigenvalue weighted by Crippen LogP contribution is -2.44. The summed E-state index contributed by atoms with van der Waals surface area (Å²) in [6.45, 7) is 6.27. The number of halogens is 1. The Kier molecular flexibility index (Phi) is 10.6. The molecule has 1 unspecified atom stereocenters. The van der Waals surface area contributed by atoms with Gasteiger partial charge in [0.1, 0.15) is 0 Å². The Morgan fingerprint density at radius 1 is 1.35 bits per heavy atom. The molecule has 1 fully saturated rings. The van der Waals surface area contributed by atoms with Gasteiger partial charge < -0.3 is 19.9 Å². The maximum absolute atomic E-state index is 11.9. The molecule has 0 radical (unpaired) electrons. The molecule has 1 aromatic rings. The maximum Gasteiger partial charge on any atom is 0.241 e. The fourth-order valence-electron chi connectivity index (χ4n) is 2.78. The largest absolute Gasteiger partial charge is 0.381 e. The van der Waals surface area contributed by atoms with Crippen LogP contribution in [0.2, 0.25) is 0 Å². The lowest BCUT2D eigenvalue weighted by Gasteiger charge is -2.23. The number of aliphatic imine (C=N–C) groups is 1. The standard InChI is InChI=1S/C19H30N4O2.HI/c1-4-25-15-17-10-11-23(14-17)19(21-13-18(24)22(2)3)20-12-16-8-6-5-7-9-16;/h5-9,17H,4,10-15H2,1-3H3,(H,20,21);1H. The number of nitrogens with one attached hydrogen (secondary N) is 1. The topological polar surface area (TPSA) is 57.2 Å². The van der Waals surface area contributed by atoms with Crippen molar-refractivity contribution in [2.24, 2.45) is 10.9 Å². The van der Waals surface area contributed by atoms with Gasteiger partial charge in [0.25, 0.3) is 0 Å². The van der Waals surface area contributed by atoms with E-state index in [9.17, 15) is 4.79 Å². The number of hydrogen-bond donors (Lipinski definition) is 1. The molecule has 1 aliphatic heterocycles. The second-order valence-corrected chi connectivity index (χ2v) is 6.53. The summed E-state index contributed by atoms with van der Waals surface area (Å²) in [7, 11) is 3.53. The Labute approximate surface area is 174 Å². The Morgan fingerprint density at radius 3 is 2.73 bits per heavy atom. The molecule has 1 aromatic carbocycles. The lowest BCUT2D eigenvalue weighted by atomic mass is 10.1. The van der Waals surface area contributed by atoms with Crippen LogP contribution in [0.3, 0.4) is 0 Å². The van der Waals surface area contributed by atoms with Crippen molar-refractivity contribution in [3.63, 3.8) is 0 Å². The van der Waals surface area contributed by atoms with Crippen LogP contribution in [0.15, 0.2) is 35.3 Å². The van der Waals surface area contributed by atoms with Crippen molar-refractivity contribution < 1.29 is 9.53 Å². The summed E-state index contributed by atoms with van der Waals surface area (Å²) in [5.74, 6) is 1.36. The minimum absolute atomic E-state index is 0. The number of carbonyl (C=O) groups is 1. The summed E-state index contributed by atoms with van der Waals surface area (Å²) in [5, 5.41) is 3.23. The second-order valence-electron chi connectivity index (χ2n) is 6.53. The van der Waals surface area contributed by atoms with E-state index >= 15 is 0 Å². The number of benzene rings is 1. The van der Waals surface area contributed by atoms with Gasteiger partial charge in [-0.15, -0.1) is 24.0 Å². The van der Waals surface area contributed by atoms with E-state index in [4.69, 9.17) is 9.73 Å². The van der Waals surface area contributed by atoms with Crippen LogP contribution in [0.4, 0.5) is 0 Å². The molecule has 0 saturated carbocycles. The van der Waals surface area contributed by atoms with Gasteiger partial charge in [0.15, 0.2) is 5.96 Å². The Bertz CT molecular complexity index is 566. The second kappa shape index (κ2) is 12.1. The quantitative estimate of drug-likeness (QED) is 0.374. The predicted octanol–water partition coefficient (Wildman–Crippen LogP) is 2.20. The summed E-state index contributed by atoms with van der Waals surface area (Å²) < 4.78 is 5.56. The summed E-state index contributed by atoms with van der Waals surface area (Å²) in [6, 6.07) is 10.2. The van der Waals surface area contributed by atoms with Crippen molar-refractivity contribution in [3.8, 4) is 0 Å². The van der Waals surface area contributed by atoms with E-state index in [0.29, 0.717) is 12.5 Å². The molecule has 1 atom stereocenters. The van der Waals surface area contributed by atoms with Crippen molar-refractivity contribution in [1.82, 2.24) is 15.1 Å². The molecule has 0 aromatic heterocycles. The number of rotatable bonds is 7. The molecule has 0 bridgehead atoms. The third kappa shape index (κ3) is 7.49. The van der Waals surface area contributed by atoms with E-state index in [-0.39, 0.29) is 36.4 Å². The number of ether oxygens (including phenoxy) is 1. The third-order valence-electron chi connectivity index (χ3n) is 4.29. The predicted molar refractivity (Wildman–Crippen MR) is 116 cm³/mol. The highest BCUT2D eigenvalue weighted by atomic mass is 127. The van der Waals surface area contributed by atoms with Crippen molar-refractivity contribution in [2.45, 2.75) is 19.9 Å². The summed E-state index contributed by atoms with van der Waals surface area (Å²) in [5.41, 5.74) is 1.16. The van der Waals surface area contributed by atoms with Crippen molar-refractivity contribution in [2.75, 3.05) is 46.9 Å². The van der Waals surface area contributed by atoms with Gasteiger partial charge in [-0.05, 0) is 18.9 Å². The zero-order valence-corrected chi connectivity index (χ0v) is 18.3. The Balaban J connectivity index is 0.00000338. The molecular weight excluding hydrogens is 443 g/mol. The number of likely N-dealkylation sites (tertiary alicyclic amines) is 1. The minimum atomic E-state index is 0. The normalized spacial score (nSPS) is 17.0. The number of likely N-dealkylation sites (N-methyl/N-ethyl adjacent to an activating group) is 1. The first-order valence-corrected chi connectivity index (χ1v) is 8.95. The molecule has 146 valence electrons. The van der Waals surface area contributed by atoms with E-state index in [0.717, 1.165) is 44.2 Å². The van der Waals surface area contributed by atoms with Crippen LogP contribution >= 0.6 is 24.0 Å². The Hall–Kier alpha value is -1.35. The number of guanidine groups is 1. The Morgan fingerprint density at radius 2 is 2.08 bits per heavy atom. The molecule has 1 heterocycles. The molecule has 2 rings (SSSR count). The van der Waals surface area contributed by atoms with Gasteiger partial charge >= 0.3 is 0 Å². The van der Waals surface area contributed by atoms with Gasteiger partial charge in [-0.1, -0.05) is 30.3 Å². The SMILES string of the molecule is CCOCC1CCN(C(=NCc2ccccc2)NCC(=O)N(C)C)C1.I. The molecule has 0 aliphatic carbocycles. The summed E-state index contributed by atoms with van der Waals surface area (Å²) in [4.78, 5) is 20.5. The minimum Gasteiger partial charge on any atom is -0.381 e. The zero-order valence-electron chi connectivity index (χ0n) is 16.0. The van der Waals surface area contributed by atoms with Crippen LogP contribution < -0.4 is 5.32 Å². The monoisotopic (exact) mass is 474 g/mol. The van der Waals surface area contributed by atoms with E-state index < -0.39 is 0 Å². The van der Waals surface area contributed by atoms with Gasteiger partial charge in [-0.3, -0.25) is 4.79 Å². The molecule has 26 heavy (non-hydrogen) atoms. The highest BCUT2D eigenvalue weighted by molar-refractivity contribution is 14.0. The lowest BCUT2D eigenvalue weighted by molar-refractivity contribution is -0.127. The van der Waals surface area contributed by atoms with Gasteiger partial charge in [-0.25, -0.2) is 4.99 Å². The molecule has 6 nitrogen and oxygen atoms in total. The van der Waals surface area contributed by atoms with Gasteiger partial charge in [-0.2, -0.15) is 0 Å². The molecule has 1 amide bonds. The number of nitrogens with zero attached hydrogens (tertiary/aromatic N) is 3.